The molecular formula is C13H13FN2O. The van der Waals surface area contributed by atoms with Gasteiger partial charge in [-0.05, 0) is 25.1 Å². The van der Waals surface area contributed by atoms with Crippen molar-refractivity contribution in [2.24, 2.45) is 5.92 Å². The molecule has 4 heteroatoms. The Morgan fingerprint density at radius 2 is 2.29 bits per heavy atom. The SMILES string of the molecule is O=C(c1c[nH]c2cccc(F)c12)C1CCNC1. The average Bonchev–Trinajstić information content (AvgIpc) is 2.98. The van der Waals surface area contributed by atoms with Gasteiger partial charge in [-0.2, -0.15) is 0 Å². The Hall–Kier alpha value is -1.68. The standard InChI is InChI=1S/C13H13FN2O/c14-10-2-1-3-11-12(10)9(7-16-11)13(17)8-4-5-15-6-8/h1-3,7-8,15-16H,4-6H2. The van der Waals surface area contributed by atoms with Crippen molar-refractivity contribution in [3.63, 3.8) is 0 Å². The zero-order valence-corrected chi connectivity index (χ0v) is 9.29. The number of benzene rings is 1. The molecule has 17 heavy (non-hydrogen) atoms. The topological polar surface area (TPSA) is 44.9 Å². The molecule has 2 aromatic rings. The number of carbonyl (C=O) groups excluding carboxylic acids is 1. The van der Waals surface area contributed by atoms with Crippen LogP contribution >= 0.6 is 0 Å². The number of aromatic amines is 1. The zero-order chi connectivity index (χ0) is 11.8. The van der Waals surface area contributed by atoms with Crippen LogP contribution in [0.4, 0.5) is 4.39 Å². The number of aromatic nitrogens is 1. The molecule has 1 atom stereocenters. The predicted molar refractivity (Wildman–Crippen MR) is 63.6 cm³/mol. The molecule has 3 nitrogen and oxygen atoms in total. The molecule has 1 saturated heterocycles. The van der Waals surface area contributed by atoms with E-state index < -0.39 is 0 Å². The van der Waals surface area contributed by atoms with Crippen molar-refractivity contribution >= 4 is 16.7 Å². The second kappa shape index (κ2) is 3.96. The Labute approximate surface area is 98.0 Å². The van der Waals surface area contributed by atoms with Gasteiger partial charge in [0.15, 0.2) is 5.78 Å². The molecule has 3 rings (SSSR count). The third kappa shape index (κ3) is 1.65. The average molecular weight is 232 g/mol. The van der Waals surface area contributed by atoms with Gasteiger partial charge in [-0.1, -0.05) is 6.07 Å². The van der Waals surface area contributed by atoms with Crippen LogP contribution in [-0.4, -0.2) is 23.9 Å². The first-order chi connectivity index (χ1) is 8.27. The molecule has 0 spiro atoms. The zero-order valence-electron chi connectivity index (χ0n) is 9.29. The van der Waals surface area contributed by atoms with E-state index in [2.05, 4.69) is 10.3 Å². The summed E-state index contributed by atoms with van der Waals surface area (Å²) in [6.45, 7) is 1.56. The first-order valence-corrected chi connectivity index (χ1v) is 5.78. The normalized spacial score (nSPS) is 19.9. The molecule has 2 heterocycles. The summed E-state index contributed by atoms with van der Waals surface area (Å²) < 4.78 is 13.7. The van der Waals surface area contributed by atoms with Gasteiger partial charge >= 0.3 is 0 Å². The Bertz CT molecular complexity index is 570. The number of hydrogen-bond acceptors (Lipinski definition) is 2. The largest absolute Gasteiger partial charge is 0.360 e. The van der Waals surface area contributed by atoms with Crippen LogP contribution in [0.5, 0.6) is 0 Å². The minimum atomic E-state index is -0.335. The van der Waals surface area contributed by atoms with E-state index in [1.807, 2.05) is 0 Å². The van der Waals surface area contributed by atoms with Gasteiger partial charge in [0, 0.05) is 35.1 Å². The van der Waals surface area contributed by atoms with E-state index in [4.69, 9.17) is 0 Å². The molecule has 1 aliphatic heterocycles. The number of Topliss-reactive ketones (excluding diaryl/α,β-unsaturated/α-hetero) is 1. The molecule has 0 radical (unpaired) electrons. The quantitative estimate of drug-likeness (QED) is 0.779. The summed E-state index contributed by atoms with van der Waals surface area (Å²) in [4.78, 5) is 15.2. The third-order valence-electron chi connectivity index (χ3n) is 3.35. The number of carbonyl (C=O) groups is 1. The van der Waals surface area contributed by atoms with Gasteiger partial charge in [0.2, 0.25) is 0 Å². The highest BCUT2D eigenvalue weighted by Crippen LogP contribution is 2.25. The summed E-state index contributed by atoms with van der Waals surface area (Å²) in [5, 5.41) is 3.57. The number of fused-ring (bicyclic) bond motifs is 1. The molecule has 1 aliphatic rings. The van der Waals surface area contributed by atoms with Crippen LogP contribution in [-0.2, 0) is 0 Å². The molecule has 0 saturated carbocycles. The van der Waals surface area contributed by atoms with Crippen molar-refractivity contribution in [2.75, 3.05) is 13.1 Å². The lowest BCUT2D eigenvalue weighted by atomic mass is 9.96. The minimum absolute atomic E-state index is 0.0198. The maximum Gasteiger partial charge on any atom is 0.169 e. The molecule has 88 valence electrons. The Kier molecular flexibility index (Phi) is 2.44. The summed E-state index contributed by atoms with van der Waals surface area (Å²) in [5.74, 6) is -0.321. The number of H-pyrrole nitrogens is 1. The second-order valence-electron chi connectivity index (χ2n) is 4.42. The van der Waals surface area contributed by atoms with Gasteiger partial charge in [-0.15, -0.1) is 0 Å². The van der Waals surface area contributed by atoms with E-state index in [1.54, 1.807) is 18.3 Å². The summed E-state index contributed by atoms with van der Waals surface area (Å²) in [6, 6.07) is 4.81. The van der Waals surface area contributed by atoms with Crippen molar-refractivity contribution < 1.29 is 9.18 Å². The van der Waals surface area contributed by atoms with Gasteiger partial charge < -0.3 is 10.3 Å². The van der Waals surface area contributed by atoms with Gasteiger partial charge in [-0.25, -0.2) is 4.39 Å². The fourth-order valence-electron chi connectivity index (χ4n) is 2.43. The fourth-order valence-corrected chi connectivity index (χ4v) is 2.43. The Morgan fingerprint density at radius 3 is 3.06 bits per heavy atom. The van der Waals surface area contributed by atoms with Crippen LogP contribution in [0.3, 0.4) is 0 Å². The molecule has 0 amide bonds. The van der Waals surface area contributed by atoms with E-state index in [0.29, 0.717) is 23.0 Å². The highest BCUT2D eigenvalue weighted by atomic mass is 19.1. The van der Waals surface area contributed by atoms with E-state index in [0.717, 1.165) is 13.0 Å². The van der Waals surface area contributed by atoms with Gasteiger partial charge in [0.25, 0.3) is 0 Å². The number of nitrogens with one attached hydrogen (secondary N) is 2. The molecular weight excluding hydrogens is 219 g/mol. The molecule has 0 bridgehead atoms. The maximum absolute atomic E-state index is 13.7. The molecule has 1 aromatic heterocycles. The maximum atomic E-state index is 13.7. The Balaban J connectivity index is 2.08. The summed E-state index contributed by atoms with van der Waals surface area (Å²) in [6.07, 6.45) is 2.45. The third-order valence-corrected chi connectivity index (χ3v) is 3.35. The molecule has 1 unspecified atom stereocenters. The van der Waals surface area contributed by atoms with Crippen LogP contribution in [0.15, 0.2) is 24.4 Å². The Morgan fingerprint density at radius 1 is 1.41 bits per heavy atom. The van der Waals surface area contributed by atoms with Crippen LogP contribution < -0.4 is 5.32 Å². The number of ketones is 1. The van der Waals surface area contributed by atoms with Gasteiger partial charge in [0.05, 0.1) is 0 Å². The number of hydrogen-bond donors (Lipinski definition) is 2. The molecule has 1 fully saturated rings. The summed E-state index contributed by atoms with van der Waals surface area (Å²) in [7, 11) is 0. The lowest BCUT2D eigenvalue weighted by molar-refractivity contribution is 0.0932. The minimum Gasteiger partial charge on any atom is -0.360 e. The highest BCUT2D eigenvalue weighted by Gasteiger charge is 2.26. The second-order valence-corrected chi connectivity index (χ2v) is 4.42. The first kappa shape index (κ1) is 10.5. The molecule has 0 aliphatic carbocycles. The summed E-state index contributed by atoms with van der Waals surface area (Å²) >= 11 is 0. The number of rotatable bonds is 2. The van der Waals surface area contributed by atoms with Crippen molar-refractivity contribution in [3.05, 3.63) is 35.8 Å². The smallest absolute Gasteiger partial charge is 0.169 e. The van der Waals surface area contributed by atoms with E-state index in [-0.39, 0.29) is 17.5 Å². The van der Waals surface area contributed by atoms with Crippen LogP contribution in [0.2, 0.25) is 0 Å². The summed E-state index contributed by atoms with van der Waals surface area (Å²) in [5.41, 5.74) is 1.16. The van der Waals surface area contributed by atoms with E-state index in [9.17, 15) is 9.18 Å². The van der Waals surface area contributed by atoms with Crippen LogP contribution in [0.25, 0.3) is 10.9 Å². The fraction of sp³-hybridized carbons (Fsp3) is 0.308. The monoisotopic (exact) mass is 232 g/mol. The van der Waals surface area contributed by atoms with Crippen LogP contribution in [0, 0.1) is 11.7 Å². The molecule has 2 N–H and O–H groups in total. The van der Waals surface area contributed by atoms with Crippen LogP contribution in [0.1, 0.15) is 16.8 Å². The molecule has 1 aromatic carbocycles. The lowest BCUT2D eigenvalue weighted by Gasteiger charge is -2.06. The highest BCUT2D eigenvalue weighted by molar-refractivity contribution is 6.09. The number of halogens is 1. The van der Waals surface area contributed by atoms with Crippen molar-refractivity contribution in [3.8, 4) is 0 Å². The van der Waals surface area contributed by atoms with E-state index >= 15 is 0 Å². The van der Waals surface area contributed by atoms with Gasteiger partial charge in [-0.3, -0.25) is 4.79 Å². The van der Waals surface area contributed by atoms with Crippen molar-refractivity contribution in [1.29, 1.82) is 0 Å². The van der Waals surface area contributed by atoms with E-state index in [1.165, 1.54) is 6.07 Å². The first-order valence-electron chi connectivity index (χ1n) is 5.78. The predicted octanol–water partition coefficient (Wildman–Crippen LogP) is 2.10. The van der Waals surface area contributed by atoms with Gasteiger partial charge in [0.1, 0.15) is 5.82 Å². The van der Waals surface area contributed by atoms with Crippen molar-refractivity contribution in [2.45, 2.75) is 6.42 Å². The lowest BCUT2D eigenvalue weighted by Crippen LogP contribution is -2.17. The van der Waals surface area contributed by atoms with Crippen molar-refractivity contribution in [1.82, 2.24) is 10.3 Å².